The average molecular weight is 217 g/mol. The first-order valence-corrected chi connectivity index (χ1v) is 5.81. The molecule has 0 saturated heterocycles. The largest absolute Gasteiger partial charge is 0.355 e. The summed E-state index contributed by atoms with van der Waals surface area (Å²) in [6.07, 6.45) is 6.52. The lowest BCUT2D eigenvalue weighted by Crippen LogP contribution is -1.94. The van der Waals surface area contributed by atoms with Gasteiger partial charge in [0.15, 0.2) is 0 Å². The molecule has 2 aliphatic rings. The van der Waals surface area contributed by atoms with E-state index in [9.17, 15) is 0 Å². The molecule has 80 valence electrons. The van der Waals surface area contributed by atoms with E-state index in [4.69, 9.17) is 0 Å². The molecule has 0 aliphatic carbocycles. The van der Waals surface area contributed by atoms with Crippen LogP contribution in [-0.4, -0.2) is 0 Å². The third kappa shape index (κ3) is 1.19. The third-order valence-corrected chi connectivity index (χ3v) is 3.36. The Morgan fingerprint density at radius 3 is 2.65 bits per heavy atom. The minimum Gasteiger partial charge on any atom is -0.355 e. The molecule has 17 heavy (non-hydrogen) atoms. The number of benzene rings is 2. The van der Waals surface area contributed by atoms with Crippen molar-refractivity contribution in [1.82, 2.24) is 0 Å². The summed E-state index contributed by atoms with van der Waals surface area (Å²) < 4.78 is 0. The Hall–Kier alpha value is -2.28. The maximum Gasteiger partial charge on any atom is 0.0470 e. The second-order valence-corrected chi connectivity index (χ2v) is 4.42. The number of allylic oxidation sites excluding steroid dienone is 1. The molecule has 1 nitrogen and oxygen atoms in total. The van der Waals surface area contributed by atoms with E-state index in [1.54, 1.807) is 0 Å². The summed E-state index contributed by atoms with van der Waals surface area (Å²) in [4.78, 5) is 0. The molecular weight excluding hydrogens is 206 g/mol. The summed E-state index contributed by atoms with van der Waals surface area (Å²) >= 11 is 0. The maximum atomic E-state index is 3.48. The van der Waals surface area contributed by atoms with Crippen LogP contribution >= 0.6 is 0 Å². The molecule has 2 aliphatic heterocycles. The monoisotopic (exact) mass is 217 g/mol. The van der Waals surface area contributed by atoms with Crippen molar-refractivity contribution in [3.05, 3.63) is 65.4 Å². The van der Waals surface area contributed by atoms with E-state index < -0.39 is 0 Å². The van der Waals surface area contributed by atoms with Crippen molar-refractivity contribution in [2.75, 3.05) is 5.32 Å². The van der Waals surface area contributed by atoms with E-state index in [-0.39, 0.29) is 0 Å². The summed E-state index contributed by atoms with van der Waals surface area (Å²) in [5, 5.41) is 3.48. The normalized spacial score (nSPS) is 14.5. The molecule has 0 amide bonds. The lowest BCUT2D eigenvalue weighted by atomic mass is 9.93. The highest BCUT2D eigenvalue weighted by molar-refractivity contribution is 5.96. The Bertz CT molecular complexity index is 678. The summed E-state index contributed by atoms with van der Waals surface area (Å²) in [5.41, 5.74) is 7.53. The molecule has 1 N–H and O–H groups in total. The van der Waals surface area contributed by atoms with Crippen molar-refractivity contribution in [2.45, 2.75) is 0 Å². The Morgan fingerprint density at radius 1 is 0.765 bits per heavy atom. The lowest BCUT2D eigenvalue weighted by molar-refractivity contribution is 1.54. The molecule has 0 aromatic heterocycles. The second kappa shape index (κ2) is 3.11. The maximum absolute atomic E-state index is 3.48. The first-order chi connectivity index (χ1) is 8.42. The average Bonchev–Trinajstić information content (AvgIpc) is 2.56. The van der Waals surface area contributed by atoms with Gasteiger partial charge in [-0.15, -0.1) is 0 Å². The predicted octanol–water partition coefficient (Wildman–Crippen LogP) is 4.15. The van der Waals surface area contributed by atoms with E-state index in [1.165, 1.54) is 27.9 Å². The summed E-state index contributed by atoms with van der Waals surface area (Å²) in [6, 6.07) is 15.0. The Labute approximate surface area is 100 Å². The lowest BCUT2D eigenvalue weighted by Gasteiger charge is -2.11. The van der Waals surface area contributed by atoms with Gasteiger partial charge < -0.3 is 5.32 Å². The third-order valence-electron chi connectivity index (χ3n) is 3.36. The number of hydrogen-bond donors (Lipinski definition) is 1. The van der Waals surface area contributed by atoms with Crippen molar-refractivity contribution in [2.24, 2.45) is 0 Å². The highest BCUT2D eigenvalue weighted by Gasteiger charge is 2.17. The highest BCUT2D eigenvalue weighted by Crippen LogP contribution is 2.40. The van der Waals surface area contributed by atoms with Gasteiger partial charge in [-0.3, -0.25) is 0 Å². The molecule has 2 aromatic carbocycles. The number of anilines is 1. The van der Waals surface area contributed by atoms with Gasteiger partial charge in [0.25, 0.3) is 0 Å². The van der Waals surface area contributed by atoms with Crippen LogP contribution in [0.2, 0.25) is 0 Å². The standard InChI is InChI=1S/C16H11N/c1-2-6-14-12(4-1)10-13-9-8-11-5-3-7-15(17-13)16(11)14/h1-10,17H. The Morgan fingerprint density at radius 2 is 1.65 bits per heavy atom. The molecule has 2 heterocycles. The predicted molar refractivity (Wildman–Crippen MR) is 72.5 cm³/mol. The van der Waals surface area contributed by atoms with Gasteiger partial charge in [0.05, 0.1) is 0 Å². The van der Waals surface area contributed by atoms with Gasteiger partial charge in [-0.25, -0.2) is 0 Å². The quantitative estimate of drug-likeness (QED) is 0.699. The fourth-order valence-corrected chi connectivity index (χ4v) is 2.59. The van der Waals surface area contributed by atoms with Gasteiger partial charge in [-0.1, -0.05) is 42.5 Å². The van der Waals surface area contributed by atoms with Crippen molar-refractivity contribution in [1.29, 1.82) is 0 Å². The van der Waals surface area contributed by atoms with E-state index in [1.807, 2.05) is 0 Å². The number of hydrogen-bond acceptors (Lipinski definition) is 1. The van der Waals surface area contributed by atoms with E-state index in [2.05, 4.69) is 66.0 Å². The van der Waals surface area contributed by atoms with Crippen molar-refractivity contribution >= 4 is 17.8 Å². The molecule has 0 saturated carbocycles. The van der Waals surface area contributed by atoms with Crippen molar-refractivity contribution in [3.8, 4) is 11.1 Å². The van der Waals surface area contributed by atoms with Crippen LogP contribution in [0.3, 0.4) is 0 Å². The molecule has 0 spiro atoms. The van der Waals surface area contributed by atoms with Crippen molar-refractivity contribution < 1.29 is 0 Å². The SMILES string of the molecule is C1=Cc2cccc3c2-c2ccccc2C=C1N3. The van der Waals surface area contributed by atoms with Crippen LogP contribution in [-0.2, 0) is 0 Å². The number of rotatable bonds is 0. The van der Waals surface area contributed by atoms with Gasteiger partial charge in [0.1, 0.15) is 0 Å². The van der Waals surface area contributed by atoms with Gasteiger partial charge in [0, 0.05) is 16.9 Å². The topological polar surface area (TPSA) is 12.0 Å². The number of fused-ring (bicyclic) bond motifs is 2. The molecule has 0 unspecified atom stereocenters. The minimum atomic E-state index is 1.15. The van der Waals surface area contributed by atoms with Crippen LogP contribution in [0.25, 0.3) is 23.3 Å². The summed E-state index contributed by atoms with van der Waals surface area (Å²) in [5.74, 6) is 0. The molecule has 4 bridgehead atoms. The van der Waals surface area contributed by atoms with Crippen LogP contribution in [0.1, 0.15) is 11.1 Å². The molecule has 0 atom stereocenters. The van der Waals surface area contributed by atoms with E-state index in [0.29, 0.717) is 0 Å². The van der Waals surface area contributed by atoms with E-state index in [0.717, 1.165) is 5.70 Å². The second-order valence-electron chi connectivity index (χ2n) is 4.42. The van der Waals surface area contributed by atoms with Gasteiger partial charge >= 0.3 is 0 Å². The Balaban J connectivity index is 2.21. The zero-order valence-corrected chi connectivity index (χ0v) is 9.27. The number of nitrogens with one attached hydrogen (secondary N) is 1. The smallest absolute Gasteiger partial charge is 0.0470 e. The van der Waals surface area contributed by atoms with Crippen LogP contribution < -0.4 is 5.32 Å². The minimum absolute atomic E-state index is 1.15. The summed E-state index contributed by atoms with van der Waals surface area (Å²) in [7, 11) is 0. The molecule has 4 rings (SSSR count). The molecule has 0 fully saturated rings. The van der Waals surface area contributed by atoms with Crippen LogP contribution in [0, 0.1) is 0 Å². The van der Waals surface area contributed by atoms with Crippen LogP contribution in [0.5, 0.6) is 0 Å². The highest BCUT2D eigenvalue weighted by atomic mass is 14.9. The zero-order valence-electron chi connectivity index (χ0n) is 9.27. The molecule has 2 aromatic rings. The fraction of sp³-hybridized carbons (Fsp3) is 0. The van der Waals surface area contributed by atoms with E-state index >= 15 is 0 Å². The zero-order chi connectivity index (χ0) is 11.2. The molecule has 0 radical (unpaired) electrons. The van der Waals surface area contributed by atoms with Crippen LogP contribution in [0.4, 0.5) is 5.69 Å². The van der Waals surface area contributed by atoms with Gasteiger partial charge in [-0.2, -0.15) is 0 Å². The molecular formula is C16H11N. The molecule has 1 heteroatoms. The van der Waals surface area contributed by atoms with Gasteiger partial charge in [0.2, 0.25) is 0 Å². The fourth-order valence-electron chi connectivity index (χ4n) is 2.59. The van der Waals surface area contributed by atoms with Crippen molar-refractivity contribution in [3.63, 3.8) is 0 Å². The Kier molecular flexibility index (Phi) is 1.61. The van der Waals surface area contributed by atoms with Crippen LogP contribution in [0.15, 0.2) is 54.2 Å². The summed E-state index contributed by atoms with van der Waals surface area (Å²) in [6.45, 7) is 0. The first-order valence-electron chi connectivity index (χ1n) is 5.81. The first kappa shape index (κ1) is 8.82. The van der Waals surface area contributed by atoms with Gasteiger partial charge in [-0.05, 0) is 34.9 Å².